The van der Waals surface area contributed by atoms with E-state index < -0.39 is 10.0 Å². The molecule has 1 aromatic carbocycles. The number of hydrogen-bond donors (Lipinski definition) is 0. The molecule has 0 atom stereocenters. The molecule has 2 aliphatic rings. The predicted octanol–water partition coefficient (Wildman–Crippen LogP) is 4.46. The van der Waals surface area contributed by atoms with Gasteiger partial charge in [-0.05, 0) is 55.9 Å². The van der Waals surface area contributed by atoms with Gasteiger partial charge in [-0.2, -0.15) is 4.31 Å². The lowest BCUT2D eigenvalue weighted by Gasteiger charge is -2.34. The van der Waals surface area contributed by atoms with Crippen molar-refractivity contribution < 1.29 is 13.2 Å². The highest BCUT2D eigenvalue weighted by atomic mass is 32.2. The number of aryl methyl sites for hydroxylation is 2. The zero-order chi connectivity index (χ0) is 24.2. The summed E-state index contributed by atoms with van der Waals surface area (Å²) in [5.41, 5.74) is 2.96. The van der Waals surface area contributed by atoms with Gasteiger partial charge < -0.3 is 4.90 Å². The average molecular weight is 499 g/mol. The summed E-state index contributed by atoms with van der Waals surface area (Å²) in [4.78, 5) is 26.4. The highest BCUT2D eigenvalue weighted by Crippen LogP contribution is 2.40. The van der Waals surface area contributed by atoms with Gasteiger partial charge in [0.1, 0.15) is 10.7 Å². The largest absolute Gasteiger partial charge is 0.335 e. The number of carbonyl (C=O) groups excluding carboxylic acids is 1. The third kappa shape index (κ3) is 4.14. The summed E-state index contributed by atoms with van der Waals surface area (Å²) >= 11 is 1.43. The molecule has 180 valence electrons. The predicted molar refractivity (Wildman–Crippen MR) is 134 cm³/mol. The second-order valence-electron chi connectivity index (χ2n) is 9.60. The van der Waals surface area contributed by atoms with E-state index in [9.17, 15) is 13.2 Å². The first-order valence-corrected chi connectivity index (χ1v) is 14.1. The monoisotopic (exact) mass is 498 g/mol. The molecular formula is C25H30N4O3S2. The van der Waals surface area contributed by atoms with Gasteiger partial charge >= 0.3 is 0 Å². The topological polar surface area (TPSA) is 83.5 Å². The second-order valence-corrected chi connectivity index (χ2v) is 12.5. The molecule has 2 fully saturated rings. The van der Waals surface area contributed by atoms with Crippen LogP contribution in [0.15, 0.2) is 29.2 Å². The molecule has 3 aromatic rings. The van der Waals surface area contributed by atoms with Crippen LogP contribution < -0.4 is 0 Å². The molecule has 0 radical (unpaired) electrons. The lowest BCUT2D eigenvalue weighted by atomic mass is 10.0. The van der Waals surface area contributed by atoms with Crippen LogP contribution >= 0.6 is 11.3 Å². The lowest BCUT2D eigenvalue weighted by molar-refractivity contribution is 0.0702. The number of fused-ring (bicyclic) bond motifs is 1. The highest BCUT2D eigenvalue weighted by Gasteiger charge is 2.33. The Balaban J connectivity index is 1.32. The highest BCUT2D eigenvalue weighted by molar-refractivity contribution is 7.89. The van der Waals surface area contributed by atoms with Crippen molar-refractivity contribution >= 4 is 37.5 Å². The Labute approximate surface area is 204 Å². The van der Waals surface area contributed by atoms with Gasteiger partial charge in [-0.3, -0.25) is 4.79 Å². The number of sulfonamides is 1. The van der Waals surface area contributed by atoms with Gasteiger partial charge in [0.25, 0.3) is 5.91 Å². The van der Waals surface area contributed by atoms with Gasteiger partial charge in [0.2, 0.25) is 10.0 Å². The van der Waals surface area contributed by atoms with Crippen LogP contribution in [-0.2, 0) is 10.0 Å². The van der Waals surface area contributed by atoms with Gasteiger partial charge in [0.15, 0.2) is 0 Å². The van der Waals surface area contributed by atoms with Crippen LogP contribution in [0, 0.1) is 13.8 Å². The molecule has 0 unspecified atom stereocenters. The summed E-state index contributed by atoms with van der Waals surface area (Å²) in [7, 11) is -3.58. The Bertz CT molecular complexity index is 1350. The van der Waals surface area contributed by atoms with E-state index in [1.54, 1.807) is 17.0 Å². The van der Waals surface area contributed by atoms with Crippen LogP contribution in [0.3, 0.4) is 0 Å². The third-order valence-electron chi connectivity index (χ3n) is 6.84. The smallest absolute Gasteiger partial charge is 0.264 e. The number of benzene rings is 1. The van der Waals surface area contributed by atoms with E-state index in [4.69, 9.17) is 4.98 Å². The fourth-order valence-electron chi connectivity index (χ4n) is 4.54. The van der Waals surface area contributed by atoms with Crippen LogP contribution in [0.4, 0.5) is 0 Å². The molecule has 1 saturated heterocycles. The average Bonchev–Trinajstić information content (AvgIpc) is 3.62. The normalized spacial score (nSPS) is 17.6. The first-order chi connectivity index (χ1) is 16.2. The van der Waals surface area contributed by atoms with Crippen molar-refractivity contribution in [1.29, 1.82) is 0 Å². The Morgan fingerprint density at radius 3 is 2.26 bits per heavy atom. The molecule has 9 heteroatoms. The summed E-state index contributed by atoms with van der Waals surface area (Å²) in [5.74, 6) is 1.65. The van der Waals surface area contributed by atoms with Crippen molar-refractivity contribution in [3.05, 3.63) is 51.8 Å². The van der Waals surface area contributed by atoms with Gasteiger partial charge in [-0.25, -0.2) is 18.4 Å². The number of nitrogens with zero attached hydrogens (tertiary/aromatic N) is 4. The van der Waals surface area contributed by atoms with E-state index in [0.29, 0.717) is 34.7 Å². The number of aromatic nitrogens is 2. The number of rotatable bonds is 5. The van der Waals surface area contributed by atoms with Crippen molar-refractivity contribution in [3.8, 4) is 0 Å². The van der Waals surface area contributed by atoms with Crippen molar-refractivity contribution in [2.24, 2.45) is 0 Å². The molecule has 2 aromatic heterocycles. The Kier molecular flexibility index (Phi) is 5.98. The van der Waals surface area contributed by atoms with E-state index in [1.165, 1.54) is 15.6 Å². The Morgan fingerprint density at radius 2 is 1.68 bits per heavy atom. The molecule has 7 nitrogen and oxygen atoms in total. The minimum atomic E-state index is -3.58. The molecule has 1 aliphatic heterocycles. The maximum absolute atomic E-state index is 13.4. The maximum Gasteiger partial charge on any atom is 0.264 e. The number of carbonyl (C=O) groups is 1. The van der Waals surface area contributed by atoms with Crippen LogP contribution in [0.1, 0.15) is 70.8 Å². The summed E-state index contributed by atoms with van der Waals surface area (Å²) in [6.45, 7) is 9.42. The molecular weight excluding hydrogens is 468 g/mol. The van der Waals surface area contributed by atoms with Crippen molar-refractivity contribution in [3.63, 3.8) is 0 Å². The van der Waals surface area contributed by atoms with E-state index >= 15 is 0 Å². The van der Waals surface area contributed by atoms with Crippen LogP contribution in [0.2, 0.25) is 0 Å². The van der Waals surface area contributed by atoms with Gasteiger partial charge in [-0.15, -0.1) is 11.3 Å². The first-order valence-electron chi connectivity index (χ1n) is 11.8. The number of piperazine rings is 1. The van der Waals surface area contributed by atoms with E-state index in [0.717, 1.165) is 45.7 Å². The fourth-order valence-corrected chi connectivity index (χ4v) is 7.17. The lowest BCUT2D eigenvalue weighted by Crippen LogP contribution is -2.50. The van der Waals surface area contributed by atoms with Crippen LogP contribution in [0.5, 0.6) is 0 Å². The molecule has 1 aliphatic carbocycles. The van der Waals surface area contributed by atoms with E-state index in [1.807, 2.05) is 26.0 Å². The van der Waals surface area contributed by atoms with E-state index in [-0.39, 0.29) is 19.0 Å². The summed E-state index contributed by atoms with van der Waals surface area (Å²) < 4.78 is 27.7. The summed E-state index contributed by atoms with van der Waals surface area (Å²) in [6, 6.07) is 7.12. The SMILES string of the molecule is Cc1nc(C2CC2)nc2sc(C(=O)N3CCN(S(=O)(=O)c4ccc(C(C)C)cc4)CC3)c(C)c12. The molecule has 1 amide bonds. The van der Waals surface area contributed by atoms with Gasteiger partial charge in [-0.1, -0.05) is 26.0 Å². The van der Waals surface area contributed by atoms with Crippen molar-refractivity contribution in [2.45, 2.75) is 57.3 Å². The van der Waals surface area contributed by atoms with Crippen molar-refractivity contribution in [2.75, 3.05) is 26.2 Å². The minimum Gasteiger partial charge on any atom is -0.335 e. The number of thiophene rings is 1. The zero-order valence-electron chi connectivity index (χ0n) is 20.0. The standard InChI is InChI=1S/C25H30N4O3S2/c1-15(2)18-7-9-20(10-8-18)34(31,32)29-13-11-28(12-14-29)25(30)22-16(3)21-17(4)26-23(19-5-6-19)27-24(21)33-22/h7-10,15,19H,5-6,11-14H2,1-4H3. The molecule has 0 bridgehead atoms. The first kappa shape index (κ1) is 23.4. The van der Waals surface area contributed by atoms with Crippen LogP contribution in [0.25, 0.3) is 10.2 Å². The molecule has 34 heavy (non-hydrogen) atoms. The Hall–Kier alpha value is -2.36. The third-order valence-corrected chi connectivity index (χ3v) is 9.92. The minimum absolute atomic E-state index is 0.0498. The molecule has 5 rings (SSSR count). The number of amides is 1. The van der Waals surface area contributed by atoms with Gasteiger partial charge in [0, 0.05) is 37.5 Å². The molecule has 3 heterocycles. The van der Waals surface area contributed by atoms with Gasteiger partial charge in [0.05, 0.1) is 15.5 Å². The molecule has 0 N–H and O–H groups in total. The van der Waals surface area contributed by atoms with E-state index in [2.05, 4.69) is 18.8 Å². The fraction of sp³-hybridized carbons (Fsp3) is 0.480. The summed E-state index contributed by atoms with van der Waals surface area (Å²) in [5, 5.41) is 0.976. The molecule has 0 spiro atoms. The van der Waals surface area contributed by atoms with Crippen LogP contribution in [-0.4, -0.2) is 59.7 Å². The second kappa shape index (κ2) is 8.70. The maximum atomic E-state index is 13.4. The van der Waals surface area contributed by atoms with Crippen molar-refractivity contribution in [1.82, 2.24) is 19.2 Å². The molecule has 1 saturated carbocycles. The number of hydrogen-bond acceptors (Lipinski definition) is 6. The Morgan fingerprint density at radius 1 is 1.03 bits per heavy atom. The zero-order valence-corrected chi connectivity index (χ0v) is 21.7. The quantitative estimate of drug-likeness (QED) is 0.519. The summed E-state index contributed by atoms with van der Waals surface area (Å²) in [6.07, 6.45) is 2.27.